The third-order valence-corrected chi connectivity index (χ3v) is 4.07. The van der Waals surface area contributed by atoms with Gasteiger partial charge in [0.05, 0.1) is 20.4 Å². The van der Waals surface area contributed by atoms with E-state index in [-0.39, 0.29) is 23.2 Å². The zero-order valence-electron chi connectivity index (χ0n) is 16.7. The van der Waals surface area contributed by atoms with Crippen molar-refractivity contribution in [1.29, 1.82) is 0 Å². The van der Waals surface area contributed by atoms with E-state index in [2.05, 4.69) is 15.8 Å². The van der Waals surface area contributed by atoms with Crippen molar-refractivity contribution in [2.75, 3.05) is 19.5 Å². The summed E-state index contributed by atoms with van der Waals surface area (Å²) in [5.74, 6) is -0.100. The highest BCUT2D eigenvalue weighted by atomic mass is 16.5. The summed E-state index contributed by atoms with van der Waals surface area (Å²) in [6, 6.07) is 9.66. The summed E-state index contributed by atoms with van der Waals surface area (Å²) in [5, 5.41) is 16.6. The van der Waals surface area contributed by atoms with E-state index in [1.807, 2.05) is 6.92 Å². The Labute approximate surface area is 169 Å². The summed E-state index contributed by atoms with van der Waals surface area (Å²) < 4.78 is 10.2. The van der Waals surface area contributed by atoms with E-state index in [0.717, 1.165) is 12.8 Å². The third kappa shape index (κ3) is 6.24. The monoisotopic (exact) mass is 399 g/mol. The molecule has 0 heterocycles. The van der Waals surface area contributed by atoms with E-state index in [0.29, 0.717) is 23.2 Å². The molecular formula is C21H25N3O5. The van der Waals surface area contributed by atoms with Crippen LogP contribution in [0.3, 0.4) is 0 Å². The molecule has 0 aliphatic rings. The Morgan fingerprint density at radius 1 is 1.10 bits per heavy atom. The highest BCUT2D eigenvalue weighted by molar-refractivity contribution is 5.96. The van der Waals surface area contributed by atoms with Crippen molar-refractivity contribution in [3.8, 4) is 17.2 Å². The van der Waals surface area contributed by atoms with Crippen LogP contribution in [0.5, 0.6) is 17.2 Å². The van der Waals surface area contributed by atoms with E-state index >= 15 is 0 Å². The minimum atomic E-state index is -0.400. The number of phenolic OH excluding ortho intramolecular Hbond substituents is 1. The largest absolute Gasteiger partial charge is 0.502 e. The first-order valence-corrected chi connectivity index (χ1v) is 9.16. The highest BCUT2D eigenvalue weighted by Crippen LogP contribution is 2.36. The molecular weight excluding hydrogens is 374 g/mol. The van der Waals surface area contributed by atoms with Gasteiger partial charge in [-0.3, -0.25) is 9.59 Å². The summed E-state index contributed by atoms with van der Waals surface area (Å²) in [5.41, 5.74) is 4.03. The molecule has 0 bridgehead atoms. The Hall–Kier alpha value is -3.55. The molecule has 154 valence electrons. The van der Waals surface area contributed by atoms with Gasteiger partial charge in [0.25, 0.3) is 5.91 Å². The molecule has 0 unspecified atom stereocenters. The smallest absolute Gasteiger partial charge is 0.271 e. The lowest BCUT2D eigenvalue weighted by Gasteiger charge is -2.09. The first-order valence-electron chi connectivity index (χ1n) is 9.16. The van der Waals surface area contributed by atoms with Crippen molar-refractivity contribution < 1.29 is 24.2 Å². The summed E-state index contributed by atoms with van der Waals surface area (Å²) in [6.07, 6.45) is 3.67. The Balaban J connectivity index is 1.98. The van der Waals surface area contributed by atoms with Crippen LogP contribution in [0.15, 0.2) is 41.5 Å². The van der Waals surface area contributed by atoms with Crippen molar-refractivity contribution >= 4 is 23.7 Å². The van der Waals surface area contributed by atoms with Gasteiger partial charge in [-0.15, -0.1) is 0 Å². The van der Waals surface area contributed by atoms with Gasteiger partial charge in [0.2, 0.25) is 11.7 Å². The van der Waals surface area contributed by atoms with E-state index in [1.54, 1.807) is 36.4 Å². The zero-order chi connectivity index (χ0) is 21.2. The van der Waals surface area contributed by atoms with Gasteiger partial charge in [-0.05, 0) is 42.8 Å². The number of methoxy groups -OCH3 is 2. The number of phenols is 1. The normalized spacial score (nSPS) is 10.6. The van der Waals surface area contributed by atoms with Gasteiger partial charge in [0.15, 0.2) is 11.5 Å². The number of carbonyl (C=O) groups excluding carboxylic acids is 2. The van der Waals surface area contributed by atoms with E-state index in [9.17, 15) is 14.7 Å². The number of hydrogen-bond donors (Lipinski definition) is 3. The fourth-order valence-electron chi connectivity index (χ4n) is 2.48. The van der Waals surface area contributed by atoms with Crippen LogP contribution < -0.4 is 20.2 Å². The van der Waals surface area contributed by atoms with Crippen molar-refractivity contribution in [1.82, 2.24) is 5.43 Å². The molecule has 0 aliphatic carbocycles. The molecule has 8 heteroatoms. The minimum absolute atomic E-state index is 0.0478. The maximum absolute atomic E-state index is 12.2. The minimum Gasteiger partial charge on any atom is -0.502 e. The second kappa shape index (κ2) is 10.7. The molecule has 2 amide bonds. The van der Waals surface area contributed by atoms with Gasteiger partial charge in [-0.2, -0.15) is 5.10 Å². The first-order chi connectivity index (χ1) is 14.0. The molecule has 8 nitrogen and oxygen atoms in total. The lowest BCUT2D eigenvalue weighted by molar-refractivity contribution is -0.116. The summed E-state index contributed by atoms with van der Waals surface area (Å²) in [7, 11) is 2.85. The molecule has 0 atom stereocenters. The number of rotatable bonds is 9. The molecule has 0 saturated heterocycles. The number of hydrogen-bond acceptors (Lipinski definition) is 6. The standard InChI is InChI=1S/C21H25N3O5/c1-4-5-6-19(25)23-16-9-7-15(8-10-16)21(27)24-22-13-14-11-17(28-2)20(26)18(12-14)29-3/h7-13,26H,4-6H2,1-3H3,(H,23,25)(H,24,27)/b22-13+. The average molecular weight is 399 g/mol. The second-order valence-electron chi connectivity index (χ2n) is 6.20. The van der Waals surface area contributed by atoms with Gasteiger partial charge in [-0.25, -0.2) is 5.43 Å². The van der Waals surface area contributed by atoms with Crippen LogP contribution in [0.1, 0.15) is 42.1 Å². The Kier molecular flexibility index (Phi) is 8.02. The Bertz CT molecular complexity index is 853. The number of carbonyl (C=O) groups is 2. The van der Waals surface area contributed by atoms with Crippen LogP contribution in [0, 0.1) is 0 Å². The van der Waals surface area contributed by atoms with Gasteiger partial charge in [0.1, 0.15) is 0 Å². The second-order valence-corrected chi connectivity index (χ2v) is 6.20. The van der Waals surface area contributed by atoms with Crippen LogP contribution in [0.4, 0.5) is 5.69 Å². The molecule has 0 spiro atoms. The molecule has 0 aromatic heterocycles. The molecule has 3 N–H and O–H groups in total. The van der Waals surface area contributed by atoms with Crippen LogP contribution in [0.2, 0.25) is 0 Å². The summed E-state index contributed by atoms with van der Waals surface area (Å²) >= 11 is 0. The molecule has 0 fully saturated rings. The maximum Gasteiger partial charge on any atom is 0.271 e. The SMILES string of the molecule is CCCCC(=O)Nc1ccc(C(=O)N/N=C/c2cc(OC)c(O)c(OC)c2)cc1. The van der Waals surface area contributed by atoms with Crippen LogP contribution in [-0.2, 0) is 4.79 Å². The Morgan fingerprint density at radius 2 is 1.72 bits per heavy atom. The van der Waals surface area contributed by atoms with E-state index in [4.69, 9.17) is 9.47 Å². The number of ether oxygens (including phenoxy) is 2. The highest BCUT2D eigenvalue weighted by Gasteiger charge is 2.10. The predicted molar refractivity (Wildman–Crippen MR) is 111 cm³/mol. The molecule has 0 radical (unpaired) electrons. The van der Waals surface area contributed by atoms with E-state index in [1.165, 1.54) is 20.4 Å². The van der Waals surface area contributed by atoms with Crippen molar-refractivity contribution in [3.63, 3.8) is 0 Å². The number of amides is 2. The van der Waals surface area contributed by atoms with Gasteiger partial charge >= 0.3 is 0 Å². The first kappa shape index (κ1) is 21.7. The molecule has 2 aromatic carbocycles. The van der Waals surface area contributed by atoms with Gasteiger partial charge < -0.3 is 19.9 Å². The van der Waals surface area contributed by atoms with E-state index < -0.39 is 5.91 Å². The average Bonchev–Trinajstić information content (AvgIpc) is 2.73. The predicted octanol–water partition coefficient (Wildman–Crippen LogP) is 3.30. The summed E-state index contributed by atoms with van der Waals surface area (Å²) in [6.45, 7) is 2.03. The third-order valence-electron chi connectivity index (χ3n) is 4.07. The molecule has 0 saturated carbocycles. The lowest BCUT2D eigenvalue weighted by Crippen LogP contribution is -2.17. The van der Waals surface area contributed by atoms with Crippen LogP contribution in [-0.4, -0.2) is 37.4 Å². The van der Waals surface area contributed by atoms with Crippen molar-refractivity contribution in [2.45, 2.75) is 26.2 Å². The number of benzene rings is 2. The van der Waals surface area contributed by atoms with Crippen molar-refractivity contribution in [2.24, 2.45) is 5.10 Å². The van der Waals surface area contributed by atoms with Crippen molar-refractivity contribution in [3.05, 3.63) is 47.5 Å². The number of unbranched alkanes of at least 4 members (excludes halogenated alkanes) is 1. The molecule has 2 rings (SSSR count). The van der Waals surface area contributed by atoms with Crippen LogP contribution >= 0.6 is 0 Å². The molecule has 0 aliphatic heterocycles. The molecule has 29 heavy (non-hydrogen) atoms. The number of anilines is 1. The Morgan fingerprint density at radius 3 is 2.28 bits per heavy atom. The lowest BCUT2D eigenvalue weighted by atomic mass is 10.2. The number of hydrazone groups is 1. The number of aromatic hydroxyl groups is 1. The molecule has 2 aromatic rings. The summed E-state index contributed by atoms with van der Waals surface area (Å²) in [4.78, 5) is 23.9. The van der Waals surface area contributed by atoms with Crippen LogP contribution in [0.25, 0.3) is 0 Å². The topological polar surface area (TPSA) is 109 Å². The van der Waals surface area contributed by atoms with Gasteiger partial charge in [-0.1, -0.05) is 13.3 Å². The van der Waals surface area contributed by atoms with Gasteiger partial charge in [0, 0.05) is 23.2 Å². The number of nitrogens with zero attached hydrogens (tertiary/aromatic N) is 1. The maximum atomic E-state index is 12.2. The quantitative estimate of drug-likeness (QED) is 0.443. The zero-order valence-corrected chi connectivity index (χ0v) is 16.7. The fourth-order valence-corrected chi connectivity index (χ4v) is 2.48. The number of nitrogens with one attached hydrogen (secondary N) is 2. The fraction of sp³-hybridized carbons (Fsp3) is 0.286.